The van der Waals surface area contributed by atoms with E-state index in [-0.39, 0.29) is 6.61 Å². The number of hydrogen-bond donors (Lipinski definition) is 2. The Labute approximate surface area is 80.0 Å². The van der Waals surface area contributed by atoms with Crippen LogP contribution in [0.15, 0.2) is 22.8 Å². The second-order valence-electron chi connectivity index (χ2n) is 2.34. The summed E-state index contributed by atoms with van der Waals surface area (Å²) in [5.41, 5.74) is 0. The maximum atomic E-state index is 8.54. The molecule has 66 valence electrons. The highest BCUT2D eigenvalue weighted by Crippen LogP contribution is 2.17. The summed E-state index contributed by atoms with van der Waals surface area (Å²) >= 11 is 3.36. The van der Waals surface area contributed by atoms with Crippen molar-refractivity contribution in [3.63, 3.8) is 0 Å². The Morgan fingerprint density at radius 3 is 3.08 bits per heavy atom. The monoisotopic (exact) mass is 230 g/mol. The second-order valence-corrected chi connectivity index (χ2v) is 3.19. The van der Waals surface area contributed by atoms with Crippen molar-refractivity contribution in [3.8, 4) is 0 Å². The highest BCUT2D eigenvalue weighted by molar-refractivity contribution is 9.10. The summed E-state index contributed by atoms with van der Waals surface area (Å²) in [5.74, 6) is 0.825. The van der Waals surface area contributed by atoms with Gasteiger partial charge in [-0.15, -0.1) is 0 Å². The zero-order valence-corrected chi connectivity index (χ0v) is 8.21. The van der Waals surface area contributed by atoms with E-state index in [2.05, 4.69) is 26.2 Å². The van der Waals surface area contributed by atoms with Gasteiger partial charge in [-0.2, -0.15) is 0 Å². The predicted octanol–water partition coefficient (Wildman–Crippen LogP) is 1.64. The van der Waals surface area contributed by atoms with Crippen LogP contribution in [0, 0.1) is 0 Å². The Morgan fingerprint density at radius 2 is 2.42 bits per heavy atom. The largest absolute Gasteiger partial charge is 0.396 e. The van der Waals surface area contributed by atoms with Gasteiger partial charge in [0.1, 0.15) is 5.82 Å². The molecule has 4 heteroatoms. The van der Waals surface area contributed by atoms with Crippen LogP contribution in [0.25, 0.3) is 0 Å². The number of aromatic nitrogens is 1. The van der Waals surface area contributed by atoms with Gasteiger partial charge in [-0.3, -0.25) is 0 Å². The molecule has 1 rings (SSSR count). The van der Waals surface area contributed by atoms with Crippen LogP contribution >= 0.6 is 15.9 Å². The fourth-order valence-corrected chi connectivity index (χ4v) is 1.20. The quantitative estimate of drug-likeness (QED) is 0.774. The predicted molar refractivity (Wildman–Crippen MR) is 52.1 cm³/mol. The average Bonchev–Trinajstić information content (AvgIpc) is 2.09. The zero-order valence-electron chi connectivity index (χ0n) is 6.63. The van der Waals surface area contributed by atoms with E-state index in [4.69, 9.17) is 5.11 Å². The van der Waals surface area contributed by atoms with Gasteiger partial charge in [-0.25, -0.2) is 4.98 Å². The smallest absolute Gasteiger partial charge is 0.140 e. The standard InChI is InChI=1S/C8H11BrN2O/c9-7-3-1-4-10-8(7)11-5-2-6-12/h1,3-4,12H,2,5-6H2,(H,10,11). The molecule has 0 aliphatic heterocycles. The van der Waals surface area contributed by atoms with Crippen LogP contribution in [0.3, 0.4) is 0 Å². The van der Waals surface area contributed by atoms with Crippen molar-refractivity contribution in [1.29, 1.82) is 0 Å². The van der Waals surface area contributed by atoms with Crippen molar-refractivity contribution in [1.82, 2.24) is 4.98 Å². The molecule has 0 amide bonds. The van der Waals surface area contributed by atoms with Gasteiger partial charge in [0, 0.05) is 19.3 Å². The van der Waals surface area contributed by atoms with Crippen molar-refractivity contribution in [2.24, 2.45) is 0 Å². The van der Waals surface area contributed by atoms with E-state index in [9.17, 15) is 0 Å². The van der Waals surface area contributed by atoms with Crippen LogP contribution in [-0.4, -0.2) is 23.2 Å². The summed E-state index contributed by atoms with van der Waals surface area (Å²) in [7, 11) is 0. The fourth-order valence-electron chi connectivity index (χ4n) is 0.802. The van der Waals surface area contributed by atoms with Gasteiger partial charge in [0.05, 0.1) is 4.47 Å². The molecular weight excluding hydrogens is 220 g/mol. The maximum Gasteiger partial charge on any atom is 0.140 e. The molecule has 0 aliphatic carbocycles. The van der Waals surface area contributed by atoms with Gasteiger partial charge >= 0.3 is 0 Å². The minimum atomic E-state index is 0.206. The van der Waals surface area contributed by atoms with Crippen molar-refractivity contribution < 1.29 is 5.11 Å². The minimum Gasteiger partial charge on any atom is -0.396 e. The molecule has 0 fully saturated rings. The van der Waals surface area contributed by atoms with Gasteiger partial charge in [-0.05, 0) is 34.5 Å². The summed E-state index contributed by atoms with van der Waals surface area (Å²) in [5, 5.41) is 11.6. The number of rotatable bonds is 4. The zero-order chi connectivity index (χ0) is 8.81. The lowest BCUT2D eigenvalue weighted by molar-refractivity contribution is 0.292. The summed E-state index contributed by atoms with van der Waals surface area (Å²) in [6, 6.07) is 3.79. The summed E-state index contributed by atoms with van der Waals surface area (Å²) < 4.78 is 0.947. The number of aliphatic hydroxyl groups excluding tert-OH is 1. The molecule has 0 spiro atoms. The second kappa shape index (κ2) is 5.11. The molecule has 1 heterocycles. The minimum absolute atomic E-state index is 0.206. The van der Waals surface area contributed by atoms with E-state index < -0.39 is 0 Å². The van der Waals surface area contributed by atoms with Crippen LogP contribution < -0.4 is 5.32 Å². The third-order valence-electron chi connectivity index (χ3n) is 1.39. The topological polar surface area (TPSA) is 45.1 Å². The molecule has 0 saturated carbocycles. The summed E-state index contributed by atoms with van der Waals surface area (Å²) in [6.45, 7) is 0.948. The lowest BCUT2D eigenvalue weighted by atomic mass is 10.4. The molecule has 0 bridgehead atoms. The molecule has 0 saturated heterocycles. The summed E-state index contributed by atoms with van der Waals surface area (Å²) in [4.78, 5) is 4.11. The van der Waals surface area contributed by atoms with Crippen molar-refractivity contribution in [2.45, 2.75) is 6.42 Å². The number of aliphatic hydroxyl groups is 1. The van der Waals surface area contributed by atoms with Gasteiger partial charge < -0.3 is 10.4 Å². The van der Waals surface area contributed by atoms with Crippen LogP contribution in [0.4, 0.5) is 5.82 Å². The van der Waals surface area contributed by atoms with Crippen LogP contribution in [0.2, 0.25) is 0 Å². The molecule has 12 heavy (non-hydrogen) atoms. The molecule has 0 atom stereocenters. The SMILES string of the molecule is OCCCNc1ncccc1Br. The molecular formula is C8H11BrN2O. The van der Waals surface area contributed by atoms with E-state index in [1.54, 1.807) is 6.20 Å². The third kappa shape index (κ3) is 2.79. The molecule has 1 aromatic rings. The highest BCUT2D eigenvalue weighted by Gasteiger charge is 1.96. The Balaban J connectivity index is 2.46. The number of nitrogens with zero attached hydrogens (tertiary/aromatic N) is 1. The summed E-state index contributed by atoms with van der Waals surface area (Å²) in [6.07, 6.45) is 2.47. The Kier molecular flexibility index (Phi) is 4.04. The number of halogens is 1. The van der Waals surface area contributed by atoms with Crippen molar-refractivity contribution >= 4 is 21.7 Å². The molecule has 0 unspecified atom stereocenters. The van der Waals surface area contributed by atoms with Gasteiger partial charge in [0.15, 0.2) is 0 Å². The first kappa shape index (κ1) is 9.48. The number of hydrogen-bond acceptors (Lipinski definition) is 3. The first-order chi connectivity index (χ1) is 5.84. The Bertz CT molecular complexity index is 242. The lowest BCUT2D eigenvalue weighted by Gasteiger charge is -2.04. The molecule has 0 aromatic carbocycles. The van der Waals surface area contributed by atoms with Crippen LogP contribution in [0.5, 0.6) is 0 Å². The van der Waals surface area contributed by atoms with Gasteiger partial charge in [-0.1, -0.05) is 0 Å². The molecule has 2 N–H and O–H groups in total. The van der Waals surface area contributed by atoms with E-state index >= 15 is 0 Å². The Hall–Kier alpha value is -0.610. The normalized spacial score (nSPS) is 9.83. The van der Waals surface area contributed by atoms with E-state index in [0.717, 1.165) is 23.3 Å². The molecule has 1 aromatic heterocycles. The van der Waals surface area contributed by atoms with Crippen molar-refractivity contribution in [3.05, 3.63) is 22.8 Å². The number of pyridine rings is 1. The molecule has 3 nitrogen and oxygen atoms in total. The lowest BCUT2D eigenvalue weighted by Crippen LogP contribution is -2.05. The van der Waals surface area contributed by atoms with Gasteiger partial charge in [0.25, 0.3) is 0 Å². The van der Waals surface area contributed by atoms with Crippen molar-refractivity contribution in [2.75, 3.05) is 18.5 Å². The van der Waals surface area contributed by atoms with Crippen LogP contribution in [-0.2, 0) is 0 Å². The van der Waals surface area contributed by atoms with E-state index in [1.807, 2.05) is 12.1 Å². The van der Waals surface area contributed by atoms with Gasteiger partial charge in [0.2, 0.25) is 0 Å². The average molecular weight is 231 g/mol. The molecule has 0 radical (unpaired) electrons. The first-order valence-electron chi connectivity index (χ1n) is 3.80. The molecule has 0 aliphatic rings. The number of nitrogens with one attached hydrogen (secondary N) is 1. The van der Waals surface area contributed by atoms with E-state index in [0.29, 0.717) is 0 Å². The maximum absolute atomic E-state index is 8.54. The first-order valence-corrected chi connectivity index (χ1v) is 4.59. The highest BCUT2D eigenvalue weighted by atomic mass is 79.9. The Morgan fingerprint density at radius 1 is 1.58 bits per heavy atom. The third-order valence-corrected chi connectivity index (χ3v) is 2.03. The van der Waals surface area contributed by atoms with E-state index in [1.165, 1.54) is 0 Å². The number of anilines is 1. The van der Waals surface area contributed by atoms with Crippen LogP contribution in [0.1, 0.15) is 6.42 Å². The fraction of sp³-hybridized carbons (Fsp3) is 0.375.